The highest BCUT2D eigenvalue weighted by molar-refractivity contribution is 9.09. The normalized spacial score (nSPS) is 37.0. The molecule has 0 radical (unpaired) electrons. The van der Waals surface area contributed by atoms with Crippen molar-refractivity contribution in [2.75, 3.05) is 19.7 Å². The summed E-state index contributed by atoms with van der Waals surface area (Å²) in [4.78, 5) is 41.7. The summed E-state index contributed by atoms with van der Waals surface area (Å²) in [5.74, 6) is -3.09. The van der Waals surface area contributed by atoms with Gasteiger partial charge in [0.1, 0.15) is 6.04 Å². The summed E-state index contributed by atoms with van der Waals surface area (Å²) in [5, 5.41) is 19.0. The number of hydrogen-bond acceptors (Lipinski definition) is 5. The number of β-amino-alcohol motifs (C(OH)–C–C–N with tert-alkyl or cyclic N) is 1. The van der Waals surface area contributed by atoms with Crippen LogP contribution >= 0.6 is 27.7 Å². The first-order valence-corrected chi connectivity index (χ1v) is 10.9. The summed E-state index contributed by atoms with van der Waals surface area (Å²) in [7, 11) is 0. The molecule has 9 heteroatoms. The number of alkyl halides is 1. The standard InChI is InChI=1S/C18H25BrN2O5S/c1-4-5-20(9(2)3)16(24)14-18-8-10(19)13(27-18)11(17(25)26)12(18)15(23)21(14)6-7-22/h4,9-14,22H,1,5-8H2,2-3H3,(H,25,26)/t10?,11-,12+,13-,14?,18?/m1/s1. The van der Waals surface area contributed by atoms with Gasteiger partial charge in [-0.2, -0.15) is 0 Å². The van der Waals surface area contributed by atoms with Gasteiger partial charge in [-0.25, -0.2) is 0 Å². The van der Waals surface area contributed by atoms with Crippen molar-refractivity contribution in [3.8, 4) is 0 Å². The zero-order valence-corrected chi connectivity index (χ0v) is 17.8. The van der Waals surface area contributed by atoms with Gasteiger partial charge in [-0.1, -0.05) is 22.0 Å². The zero-order valence-electron chi connectivity index (χ0n) is 15.4. The SMILES string of the molecule is C=CCN(C(=O)C1N(CCO)C(=O)[C@@H]2[C@@H](C(=O)O)[C@@H]3SC12CC3Br)C(C)C. The molecule has 3 heterocycles. The number of aliphatic hydroxyl groups excluding tert-OH is 1. The van der Waals surface area contributed by atoms with Crippen molar-refractivity contribution in [2.24, 2.45) is 11.8 Å². The van der Waals surface area contributed by atoms with Gasteiger partial charge in [0.2, 0.25) is 11.8 Å². The number of rotatable bonds is 7. The third-order valence-electron chi connectivity index (χ3n) is 5.88. The molecule has 0 aromatic heterocycles. The molecule has 3 aliphatic rings. The number of hydrogen-bond donors (Lipinski definition) is 2. The highest BCUT2D eigenvalue weighted by Gasteiger charge is 2.76. The lowest BCUT2D eigenvalue weighted by Gasteiger charge is -2.38. The first kappa shape index (κ1) is 20.7. The molecule has 2 N–H and O–H groups in total. The van der Waals surface area contributed by atoms with E-state index in [0.717, 1.165) is 0 Å². The van der Waals surface area contributed by atoms with Gasteiger partial charge in [0.05, 0.1) is 23.2 Å². The molecule has 27 heavy (non-hydrogen) atoms. The number of carboxylic acids is 1. The minimum Gasteiger partial charge on any atom is -0.481 e. The molecule has 1 spiro atoms. The maximum Gasteiger partial charge on any atom is 0.308 e. The van der Waals surface area contributed by atoms with E-state index in [1.807, 2.05) is 13.8 Å². The third-order valence-corrected chi connectivity index (χ3v) is 9.10. The van der Waals surface area contributed by atoms with Gasteiger partial charge in [-0.3, -0.25) is 14.4 Å². The molecule has 0 saturated carbocycles. The minimum absolute atomic E-state index is 0.0258. The van der Waals surface area contributed by atoms with Gasteiger partial charge in [0.15, 0.2) is 0 Å². The first-order valence-electron chi connectivity index (χ1n) is 9.08. The van der Waals surface area contributed by atoms with Crippen LogP contribution < -0.4 is 0 Å². The van der Waals surface area contributed by atoms with E-state index in [1.165, 1.54) is 16.7 Å². The summed E-state index contributed by atoms with van der Waals surface area (Å²) in [6, 6.07) is -0.862. The Balaban J connectivity index is 2.08. The Labute approximate surface area is 171 Å². The van der Waals surface area contributed by atoms with Crippen LogP contribution in [0.4, 0.5) is 0 Å². The Bertz CT molecular complexity index is 674. The maximum absolute atomic E-state index is 13.5. The molecule has 150 valence electrons. The van der Waals surface area contributed by atoms with Crippen molar-refractivity contribution in [3.05, 3.63) is 12.7 Å². The topological polar surface area (TPSA) is 98.2 Å². The molecule has 0 aromatic rings. The van der Waals surface area contributed by atoms with Crippen molar-refractivity contribution in [2.45, 2.75) is 47.2 Å². The quantitative estimate of drug-likeness (QED) is 0.433. The number of thioether (sulfide) groups is 1. The predicted molar refractivity (Wildman–Crippen MR) is 106 cm³/mol. The van der Waals surface area contributed by atoms with Crippen molar-refractivity contribution in [3.63, 3.8) is 0 Å². The first-order chi connectivity index (χ1) is 12.7. The molecule has 3 rings (SSSR count). The summed E-state index contributed by atoms with van der Waals surface area (Å²) in [5.41, 5.74) is 0. The number of nitrogens with zero attached hydrogens (tertiary/aromatic N) is 2. The summed E-state index contributed by atoms with van der Waals surface area (Å²) in [6.07, 6.45) is 2.20. The summed E-state index contributed by atoms with van der Waals surface area (Å²) >= 11 is 5.05. The highest BCUT2D eigenvalue weighted by Crippen LogP contribution is 2.67. The van der Waals surface area contributed by atoms with Crippen molar-refractivity contribution in [1.29, 1.82) is 0 Å². The van der Waals surface area contributed by atoms with Gasteiger partial charge < -0.3 is 20.0 Å². The maximum atomic E-state index is 13.5. The van der Waals surface area contributed by atoms with E-state index in [9.17, 15) is 24.6 Å². The van der Waals surface area contributed by atoms with Crippen LogP contribution in [-0.2, 0) is 14.4 Å². The molecular weight excluding hydrogens is 436 g/mol. The zero-order chi connectivity index (χ0) is 20.1. The Morgan fingerprint density at radius 2 is 2.19 bits per heavy atom. The van der Waals surface area contributed by atoms with E-state index in [0.29, 0.717) is 13.0 Å². The van der Waals surface area contributed by atoms with Gasteiger partial charge in [-0.15, -0.1) is 18.3 Å². The lowest BCUT2D eigenvalue weighted by atomic mass is 9.71. The molecule has 3 unspecified atom stereocenters. The molecule has 3 fully saturated rings. The molecule has 6 atom stereocenters. The van der Waals surface area contributed by atoms with E-state index in [4.69, 9.17) is 0 Å². The number of carboxylic acid groups (broad SMARTS) is 1. The van der Waals surface area contributed by atoms with Crippen LogP contribution in [0.25, 0.3) is 0 Å². The predicted octanol–water partition coefficient (Wildman–Crippen LogP) is 0.951. The van der Waals surface area contributed by atoms with Crippen LogP contribution in [0.15, 0.2) is 12.7 Å². The largest absolute Gasteiger partial charge is 0.481 e. The second-order valence-electron chi connectivity index (χ2n) is 7.63. The third kappa shape index (κ3) is 2.93. The Hall–Kier alpha value is -1.06. The molecule has 0 aromatic carbocycles. The van der Waals surface area contributed by atoms with E-state index >= 15 is 0 Å². The van der Waals surface area contributed by atoms with E-state index in [-0.39, 0.29) is 41.1 Å². The molecule has 0 aliphatic carbocycles. The Morgan fingerprint density at radius 1 is 1.52 bits per heavy atom. The average molecular weight is 461 g/mol. The number of likely N-dealkylation sites (tertiary alicyclic amines) is 1. The Morgan fingerprint density at radius 3 is 2.70 bits per heavy atom. The molecule has 2 amide bonds. The van der Waals surface area contributed by atoms with Crippen LogP contribution in [0.1, 0.15) is 20.3 Å². The lowest BCUT2D eigenvalue weighted by Crippen LogP contribution is -2.56. The second kappa shape index (κ2) is 7.40. The number of halogens is 1. The van der Waals surface area contributed by atoms with Gasteiger partial charge in [0.25, 0.3) is 0 Å². The average Bonchev–Trinajstić information content (AvgIpc) is 3.17. The lowest BCUT2D eigenvalue weighted by molar-refractivity contribution is -0.148. The highest BCUT2D eigenvalue weighted by atomic mass is 79.9. The molecule has 3 saturated heterocycles. The van der Waals surface area contributed by atoms with Crippen LogP contribution in [0, 0.1) is 11.8 Å². The minimum atomic E-state index is -0.999. The van der Waals surface area contributed by atoms with Gasteiger partial charge in [0, 0.05) is 29.2 Å². The van der Waals surface area contributed by atoms with Crippen molar-refractivity contribution in [1.82, 2.24) is 9.80 Å². The van der Waals surface area contributed by atoms with E-state index in [2.05, 4.69) is 22.5 Å². The van der Waals surface area contributed by atoms with Crippen LogP contribution in [0.5, 0.6) is 0 Å². The van der Waals surface area contributed by atoms with E-state index < -0.39 is 28.6 Å². The number of fused-ring (bicyclic) bond motifs is 1. The Kier molecular flexibility index (Phi) is 5.67. The molecule has 3 aliphatic heterocycles. The van der Waals surface area contributed by atoms with Crippen LogP contribution in [-0.4, -0.2) is 84.4 Å². The summed E-state index contributed by atoms with van der Waals surface area (Å²) < 4.78 is -0.778. The number of aliphatic carboxylic acids is 1. The van der Waals surface area contributed by atoms with Crippen LogP contribution in [0.2, 0.25) is 0 Å². The number of aliphatic hydroxyl groups is 1. The smallest absolute Gasteiger partial charge is 0.308 e. The fraction of sp³-hybridized carbons (Fsp3) is 0.722. The number of carbonyl (C=O) groups excluding carboxylic acids is 2. The molecular formula is C18H25BrN2O5S. The monoisotopic (exact) mass is 460 g/mol. The fourth-order valence-electron chi connectivity index (χ4n) is 4.89. The molecule has 2 bridgehead atoms. The second-order valence-corrected chi connectivity index (χ2v) is 10.3. The number of amides is 2. The van der Waals surface area contributed by atoms with Gasteiger partial charge in [-0.05, 0) is 20.3 Å². The van der Waals surface area contributed by atoms with Gasteiger partial charge >= 0.3 is 5.97 Å². The van der Waals surface area contributed by atoms with Crippen LogP contribution in [0.3, 0.4) is 0 Å². The summed E-state index contributed by atoms with van der Waals surface area (Å²) in [6.45, 7) is 7.62. The van der Waals surface area contributed by atoms with Crippen molar-refractivity contribution < 1.29 is 24.6 Å². The van der Waals surface area contributed by atoms with Crippen molar-refractivity contribution >= 4 is 45.5 Å². The van der Waals surface area contributed by atoms with E-state index in [1.54, 1.807) is 11.0 Å². The fourth-order valence-corrected chi connectivity index (χ4v) is 8.49. The number of carbonyl (C=O) groups is 3. The molecule has 7 nitrogen and oxygen atoms in total.